The summed E-state index contributed by atoms with van der Waals surface area (Å²) in [5, 5.41) is 8.74. The van der Waals surface area contributed by atoms with Gasteiger partial charge in [0.1, 0.15) is 0 Å². The lowest BCUT2D eigenvalue weighted by atomic mass is 10.0. The van der Waals surface area contributed by atoms with Gasteiger partial charge in [0, 0.05) is 38.1 Å². The lowest BCUT2D eigenvalue weighted by Crippen LogP contribution is -2.46. The summed E-state index contributed by atoms with van der Waals surface area (Å²) in [7, 11) is 1.96. The second-order valence-electron chi connectivity index (χ2n) is 6.74. The second-order valence-corrected chi connectivity index (χ2v) is 6.74. The van der Waals surface area contributed by atoms with E-state index in [2.05, 4.69) is 22.0 Å². The third kappa shape index (κ3) is 3.52. The van der Waals surface area contributed by atoms with Crippen molar-refractivity contribution in [2.45, 2.75) is 58.5 Å². The van der Waals surface area contributed by atoms with Crippen LogP contribution in [0.15, 0.2) is 18.5 Å². The molecule has 1 aliphatic rings. The molecule has 0 bridgehead atoms. The van der Waals surface area contributed by atoms with Crippen molar-refractivity contribution in [2.24, 2.45) is 7.05 Å². The molecule has 0 spiro atoms. The highest BCUT2D eigenvalue weighted by molar-refractivity contribution is 5.77. The largest absolute Gasteiger partial charge is 0.338 e. The minimum atomic E-state index is 0.259. The third-order valence-corrected chi connectivity index (χ3v) is 5.15. The molecule has 1 saturated heterocycles. The Kier molecular flexibility index (Phi) is 5.02. The van der Waals surface area contributed by atoms with E-state index in [1.54, 1.807) is 6.20 Å². The molecule has 0 radical (unpaired) electrons. The molecule has 0 aromatic carbocycles. The molecule has 6 nitrogen and oxygen atoms in total. The van der Waals surface area contributed by atoms with Crippen LogP contribution < -0.4 is 0 Å². The van der Waals surface area contributed by atoms with Crippen molar-refractivity contribution >= 4 is 5.91 Å². The number of aryl methyl sites for hydroxylation is 2. The quantitative estimate of drug-likeness (QED) is 0.845. The molecule has 1 fully saturated rings. The summed E-state index contributed by atoms with van der Waals surface area (Å²) in [5.41, 5.74) is 3.41. The van der Waals surface area contributed by atoms with E-state index >= 15 is 0 Å². The van der Waals surface area contributed by atoms with Gasteiger partial charge >= 0.3 is 0 Å². The van der Waals surface area contributed by atoms with Crippen molar-refractivity contribution in [3.05, 3.63) is 35.4 Å². The monoisotopic (exact) mass is 329 g/mol. The van der Waals surface area contributed by atoms with Gasteiger partial charge in [-0.05, 0) is 51.2 Å². The van der Waals surface area contributed by atoms with E-state index in [1.807, 2.05) is 35.6 Å². The summed E-state index contributed by atoms with van der Waals surface area (Å²) in [6, 6.07) is 2.20. The summed E-state index contributed by atoms with van der Waals surface area (Å²) in [6.07, 6.45) is 8.46. The van der Waals surface area contributed by atoms with Crippen LogP contribution >= 0.6 is 0 Å². The Morgan fingerprint density at radius 3 is 2.83 bits per heavy atom. The molecule has 3 rings (SSSR count). The molecule has 6 heteroatoms. The molecule has 0 unspecified atom stereocenters. The van der Waals surface area contributed by atoms with Crippen molar-refractivity contribution in [3.8, 4) is 0 Å². The fraction of sp³-hybridized carbons (Fsp3) is 0.611. The number of piperidine rings is 1. The first-order valence-electron chi connectivity index (χ1n) is 8.82. The van der Waals surface area contributed by atoms with Gasteiger partial charge in [0.25, 0.3) is 0 Å². The zero-order chi connectivity index (χ0) is 17.1. The van der Waals surface area contributed by atoms with Gasteiger partial charge in [-0.25, -0.2) is 0 Å². The Morgan fingerprint density at radius 2 is 2.17 bits per heavy atom. The average Bonchev–Trinajstić information content (AvgIpc) is 3.15. The predicted octanol–water partition coefficient (Wildman–Crippen LogP) is 2.25. The van der Waals surface area contributed by atoms with Gasteiger partial charge in [-0.3, -0.25) is 14.2 Å². The number of amides is 1. The number of hydrogen-bond acceptors (Lipinski definition) is 3. The molecular weight excluding hydrogens is 302 g/mol. The average molecular weight is 329 g/mol. The zero-order valence-corrected chi connectivity index (χ0v) is 14.9. The second kappa shape index (κ2) is 7.20. The summed E-state index contributed by atoms with van der Waals surface area (Å²) in [4.78, 5) is 14.9. The molecule has 1 amide bonds. The normalized spacial score (nSPS) is 18.1. The highest BCUT2D eigenvalue weighted by atomic mass is 16.2. The van der Waals surface area contributed by atoms with E-state index in [1.165, 1.54) is 12.0 Å². The Morgan fingerprint density at radius 1 is 1.33 bits per heavy atom. The smallest absolute Gasteiger partial charge is 0.223 e. The highest BCUT2D eigenvalue weighted by Gasteiger charge is 2.27. The lowest BCUT2D eigenvalue weighted by Gasteiger charge is -2.36. The number of rotatable bonds is 5. The van der Waals surface area contributed by atoms with E-state index in [0.29, 0.717) is 6.42 Å². The summed E-state index contributed by atoms with van der Waals surface area (Å²) in [5.74, 6) is 0.259. The molecule has 0 N–H and O–H groups in total. The van der Waals surface area contributed by atoms with Crippen LogP contribution in [0.2, 0.25) is 0 Å². The number of carbonyl (C=O) groups is 1. The highest BCUT2D eigenvalue weighted by Crippen LogP contribution is 2.21. The standard InChI is InChI=1S/C18H27N5O/c1-14-17(15(2)21(3)20-14)8-9-18(24)23-12-5-4-7-16(23)13-22-11-6-10-19-22/h6,10-11,16H,4-5,7-9,12-13H2,1-3H3/t16-/m0/s1. The Bertz CT molecular complexity index is 689. The minimum Gasteiger partial charge on any atom is -0.338 e. The first kappa shape index (κ1) is 16.7. The van der Waals surface area contributed by atoms with Gasteiger partial charge in [0.2, 0.25) is 5.91 Å². The van der Waals surface area contributed by atoms with Crippen LogP contribution in [0, 0.1) is 13.8 Å². The minimum absolute atomic E-state index is 0.259. The van der Waals surface area contributed by atoms with E-state index < -0.39 is 0 Å². The van der Waals surface area contributed by atoms with Crippen molar-refractivity contribution in [1.82, 2.24) is 24.5 Å². The lowest BCUT2D eigenvalue weighted by molar-refractivity contribution is -0.135. The van der Waals surface area contributed by atoms with Gasteiger partial charge in [0.05, 0.1) is 18.3 Å². The molecule has 130 valence electrons. The van der Waals surface area contributed by atoms with Gasteiger partial charge in [0.15, 0.2) is 0 Å². The SMILES string of the molecule is Cc1nn(C)c(C)c1CCC(=O)N1CCCC[C@H]1Cn1cccn1. The van der Waals surface area contributed by atoms with Crippen LogP contribution in [0.5, 0.6) is 0 Å². The van der Waals surface area contributed by atoms with Crippen LogP contribution in [0.25, 0.3) is 0 Å². The molecule has 1 aliphatic heterocycles. The number of likely N-dealkylation sites (tertiary alicyclic amines) is 1. The van der Waals surface area contributed by atoms with Crippen LogP contribution in [-0.4, -0.2) is 43.0 Å². The first-order chi connectivity index (χ1) is 11.6. The number of aromatic nitrogens is 4. The van der Waals surface area contributed by atoms with Crippen molar-refractivity contribution in [3.63, 3.8) is 0 Å². The number of nitrogens with zero attached hydrogens (tertiary/aromatic N) is 5. The van der Waals surface area contributed by atoms with Crippen LogP contribution in [0.3, 0.4) is 0 Å². The zero-order valence-electron chi connectivity index (χ0n) is 14.9. The Hall–Kier alpha value is -2.11. The van der Waals surface area contributed by atoms with Crippen LogP contribution in [0.1, 0.15) is 42.6 Å². The summed E-state index contributed by atoms with van der Waals surface area (Å²) < 4.78 is 3.84. The van der Waals surface area contributed by atoms with Gasteiger partial charge in [-0.2, -0.15) is 10.2 Å². The number of hydrogen-bond donors (Lipinski definition) is 0. The molecule has 24 heavy (non-hydrogen) atoms. The topological polar surface area (TPSA) is 56.0 Å². The molecular formula is C18H27N5O. The van der Waals surface area contributed by atoms with E-state index in [-0.39, 0.29) is 11.9 Å². The maximum Gasteiger partial charge on any atom is 0.223 e. The fourth-order valence-corrected chi connectivity index (χ4v) is 3.70. The van der Waals surface area contributed by atoms with Crippen molar-refractivity contribution < 1.29 is 4.79 Å². The van der Waals surface area contributed by atoms with E-state index in [0.717, 1.165) is 43.7 Å². The molecule has 1 atom stereocenters. The Balaban J connectivity index is 1.63. The summed E-state index contributed by atoms with van der Waals surface area (Å²) >= 11 is 0. The molecule has 0 saturated carbocycles. The van der Waals surface area contributed by atoms with Gasteiger partial charge < -0.3 is 4.90 Å². The summed E-state index contributed by atoms with van der Waals surface area (Å²) in [6.45, 7) is 5.76. The van der Waals surface area contributed by atoms with Gasteiger partial charge in [-0.1, -0.05) is 0 Å². The van der Waals surface area contributed by atoms with E-state index in [4.69, 9.17) is 0 Å². The molecule has 2 aromatic heterocycles. The maximum atomic E-state index is 12.8. The predicted molar refractivity (Wildman–Crippen MR) is 92.6 cm³/mol. The van der Waals surface area contributed by atoms with Crippen molar-refractivity contribution in [2.75, 3.05) is 6.54 Å². The molecule has 2 aromatic rings. The van der Waals surface area contributed by atoms with Crippen molar-refractivity contribution in [1.29, 1.82) is 0 Å². The Labute approximate surface area is 143 Å². The van der Waals surface area contributed by atoms with Gasteiger partial charge in [-0.15, -0.1) is 0 Å². The maximum absolute atomic E-state index is 12.8. The van der Waals surface area contributed by atoms with E-state index in [9.17, 15) is 4.79 Å². The van der Waals surface area contributed by atoms with Crippen LogP contribution in [-0.2, 0) is 24.8 Å². The number of carbonyl (C=O) groups excluding carboxylic acids is 1. The first-order valence-corrected chi connectivity index (χ1v) is 8.82. The molecule has 0 aliphatic carbocycles. The fourth-order valence-electron chi connectivity index (χ4n) is 3.70. The molecule has 3 heterocycles. The third-order valence-electron chi connectivity index (χ3n) is 5.15. The van der Waals surface area contributed by atoms with Crippen LogP contribution in [0.4, 0.5) is 0 Å².